The Morgan fingerprint density at radius 1 is 1.60 bits per heavy atom. The lowest BCUT2D eigenvalue weighted by molar-refractivity contribution is 0.180. The fourth-order valence-corrected chi connectivity index (χ4v) is 2.28. The SMILES string of the molecule is Cc1ncsc1C(O)Cc1ccn(C)n1. The van der Waals surface area contributed by atoms with Gasteiger partial charge >= 0.3 is 0 Å². The highest BCUT2D eigenvalue weighted by Crippen LogP contribution is 2.24. The molecule has 0 aliphatic carbocycles. The summed E-state index contributed by atoms with van der Waals surface area (Å²) in [6.07, 6.45) is 1.93. The van der Waals surface area contributed by atoms with E-state index in [4.69, 9.17) is 0 Å². The van der Waals surface area contributed by atoms with Crippen molar-refractivity contribution in [2.45, 2.75) is 19.4 Å². The highest BCUT2D eigenvalue weighted by Gasteiger charge is 2.14. The molecule has 1 atom stereocenters. The van der Waals surface area contributed by atoms with Crippen LogP contribution >= 0.6 is 11.3 Å². The molecule has 2 aromatic heterocycles. The van der Waals surface area contributed by atoms with Crippen molar-refractivity contribution >= 4 is 11.3 Å². The molecule has 0 aromatic carbocycles. The van der Waals surface area contributed by atoms with Gasteiger partial charge in [0.15, 0.2) is 0 Å². The van der Waals surface area contributed by atoms with Crippen LogP contribution in [-0.2, 0) is 13.5 Å². The maximum absolute atomic E-state index is 9.97. The Balaban J connectivity index is 2.10. The first kappa shape index (κ1) is 10.3. The molecular weight excluding hydrogens is 210 g/mol. The number of nitrogens with zero attached hydrogens (tertiary/aromatic N) is 3. The Kier molecular flexibility index (Phi) is 2.83. The maximum Gasteiger partial charge on any atom is 0.0956 e. The molecule has 0 aliphatic heterocycles. The molecule has 0 spiro atoms. The van der Waals surface area contributed by atoms with Crippen LogP contribution in [0.25, 0.3) is 0 Å². The molecule has 1 unspecified atom stereocenters. The Morgan fingerprint density at radius 3 is 2.93 bits per heavy atom. The van der Waals surface area contributed by atoms with Crippen LogP contribution in [0.5, 0.6) is 0 Å². The van der Waals surface area contributed by atoms with Gasteiger partial charge in [0.25, 0.3) is 0 Å². The molecule has 0 saturated heterocycles. The second-order valence-corrected chi connectivity index (χ2v) is 4.39. The molecule has 1 N–H and O–H groups in total. The summed E-state index contributed by atoms with van der Waals surface area (Å²) < 4.78 is 1.74. The van der Waals surface area contributed by atoms with Gasteiger partial charge in [0.1, 0.15) is 0 Å². The largest absolute Gasteiger partial charge is 0.387 e. The fraction of sp³-hybridized carbons (Fsp3) is 0.400. The number of aromatic nitrogens is 3. The Hall–Kier alpha value is -1.20. The second kappa shape index (κ2) is 4.12. The molecule has 5 heteroatoms. The third-order valence-corrected chi connectivity index (χ3v) is 3.29. The fourth-order valence-electron chi connectivity index (χ4n) is 1.49. The van der Waals surface area contributed by atoms with E-state index in [1.807, 2.05) is 26.2 Å². The minimum atomic E-state index is -0.493. The summed E-state index contributed by atoms with van der Waals surface area (Å²) in [4.78, 5) is 5.05. The summed E-state index contributed by atoms with van der Waals surface area (Å²) in [7, 11) is 1.87. The average Bonchev–Trinajstić information content (AvgIpc) is 2.75. The van der Waals surface area contributed by atoms with E-state index in [2.05, 4.69) is 10.1 Å². The lowest BCUT2D eigenvalue weighted by Crippen LogP contribution is -2.02. The Morgan fingerprint density at radius 2 is 2.40 bits per heavy atom. The van der Waals surface area contributed by atoms with Crippen molar-refractivity contribution in [3.05, 3.63) is 34.0 Å². The van der Waals surface area contributed by atoms with Crippen molar-refractivity contribution in [1.29, 1.82) is 0 Å². The minimum Gasteiger partial charge on any atom is -0.387 e. The molecule has 2 aromatic rings. The van der Waals surface area contributed by atoms with Crippen LogP contribution < -0.4 is 0 Å². The number of aliphatic hydroxyl groups excluding tert-OH is 1. The molecular formula is C10H13N3OS. The molecule has 4 nitrogen and oxygen atoms in total. The molecule has 0 aliphatic rings. The van der Waals surface area contributed by atoms with Gasteiger partial charge in [-0.1, -0.05) is 0 Å². The van der Waals surface area contributed by atoms with Gasteiger partial charge < -0.3 is 5.11 Å². The molecule has 80 valence electrons. The number of thiazole rings is 1. The van der Waals surface area contributed by atoms with Crippen LogP contribution in [0.1, 0.15) is 22.4 Å². The van der Waals surface area contributed by atoms with Crippen LogP contribution in [0.2, 0.25) is 0 Å². The zero-order valence-electron chi connectivity index (χ0n) is 8.71. The predicted molar refractivity (Wildman–Crippen MR) is 58.7 cm³/mol. The summed E-state index contributed by atoms with van der Waals surface area (Å²) >= 11 is 1.49. The number of hydrogen-bond donors (Lipinski definition) is 1. The van der Waals surface area contributed by atoms with Gasteiger partial charge in [0.2, 0.25) is 0 Å². The minimum absolute atomic E-state index is 0.493. The first-order valence-corrected chi connectivity index (χ1v) is 5.61. The van der Waals surface area contributed by atoms with Gasteiger partial charge in [0.05, 0.1) is 27.9 Å². The predicted octanol–water partition coefficient (Wildman–Crippen LogP) is 1.46. The summed E-state index contributed by atoms with van der Waals surface area (Å²) in [5.74, 6) is 0. The van der Waals surface area contributed by atoms with Gasteiger partial charge in [0, 0.05) is 19.7 Å². The van der Waals surface area contributed by atoms with Crippen LogP contribution in [0, 0.1) is 6.92 Å². The summed E-state index contributed by atoms with van der Waals surface area (Å²) in [5.41, 5.74) is 3.56. The quantitative estimate of drug-likeness (QED) is 0.857. The van der Waals surface area contributed by atoms with E-state index in [1.165, 1.54) is 11.3 Å². The zero-order valence-corrected chi connectivity index (χ0v) is 9.53. The standard InChI is InChI=1S/C10H13N3OS/c1-7-10(15-6-11-7)9(14)5-8-3-4-13(2)12-8/h3-4,6,9,14H,5H2,1-2H3. The normalized spacial score (nSPS) is 13.0. The molecule has 0 radical (unpaired) electrons. The van der Waals surface area contributed by atoms with Crippen molar-refractivity contribution in [2.24, 2.45) is 7.05 Å². The van der Waals surface area contributed by atoms with E-state index in [-0.39, 0.29) is 0 Å². The van der Waals surface area contributed by atoms with Gasteiger partial charge in [-0.05, 0) is 13.0 Å². The Bertz CT molecular complexity index is 449. The smallest absolute Gasteiger partial charge is 0.0956 e. The number of aliphatic hydroxyl groups is 1. The van der Waals surface area contributed by atoms with E-state index in [9.17, 15) is 5.11 Å². The third kappa shape index (κ3) is 2.24. The maximum atomic E-state index is 9.97. The van der Waals surface area contributed by atoms with Gasteiger partial charge in [-0.25, -0.2) is 4.98 Å². The average molecular weight is 223 g/mol. The van der Waals surface area contributed by atoms with E-state index < -0.39 is 6.10 Å². The van der Waals surface area contributed by atoms with Crippen molar-refractivity contribution in [3.63, 3.8) is 0 Å². The van der Waals surface area contributed by atoms with E-state index in [0.717, 1.165) is 16.3 Å². The number of hydrogen-bond acceptors (Lipinski definition) is 4. The van der Waals surface area contributed by atoms with Gasteiger partial charge in [-0.3, -0.25) is 4.68 Å². The molecule has 0 saturated carbocycles. The lowest BCUT2D eigenvalue weighted by Gasteiger charge is -2.06. The Labute approximate surface area is 92.2 Å². The number of aryl methyl sites for hydroxylation is 2. The van der Waals surface area contributed by atoms with E-state index in [1.54, 1.807) is 10.2 Å². The van der Waals surface area contributed by atoms with Crippen molar-refractivity contribution in [3.8, 4) is 0 Å². The van der Waals surface area contributed by atoms with Crippen LogP contribution in [0.4, 0.5) is 0 Å². The molecule has 2 heterocycles. The molecule has 0 amide bonds. The summed E-state index contributed by atoms with van der Waals surface area (Å²) in [6.45, 7) is 1.91. The van der Waals surface area contributed by atoms with E-state index in [0.29, 0.717) is 6.42 Å². The monoisotopic (exact) mass is 223 g/mol. The molecule has 0 bridgehead atoms. The van der Waals surface area contributed by atoms with Crippen LogP contribution in [0.15, 0.2) is 17.8 Å². The van der Waals surface area contributed by atoms with E-state index >= 15 is 0 Å². The number of rotatable bonds is 3. The van der Waals surface area contributed by atoms with Gasteiger partial charge in [-0.2, -0.15) is 5.10 Å². The van der Waals surface area contributed by atoms with Crippen LogP contribution in [0.3, 0.4) is 0 Å². The molecule has 15 heavy (non-hydrogen) atoms. The van der Waals surface area contributed by atoms with Gasteiger partial charge in [-0.15, -0.1) is 11.3 Å². The van der Waals surface area contributed by atoms with Crippen LogP contribution in [-0.4, -0.2) is 19.9 Å². The lowest BCUT2D eigenvalue weighted by atomic mass is 10.1. The zero-order chi connectivity index (χ0) is 10.8. The van der Waals surface area contributed by atoms with Crippen molar-refractivity contribution < 1.29 is 5.11 Å². The third-order valence-electron chi connectivity index (χ3n) is 2.26. The van der Waals surface area contributed by atoms with Crippen molar-refractivity contribution in [1.82, 2.24) is 14.8 Å². The molecule has 2 rings (SSSR count). The second-order valence-electron chi connectivity index (χ2n) is 3.50. The topological polar surface area (TPSA) is 50.9 Å². The highest BCUT2D eigenvalue weighted by molar-refractivity contribution is 7.09. The van der Waals surface area contributed by atoms with Crippen molar-refractivity contribution in [2.75, 3.05) is 0 Å². The molecule has 0 fully saturated rings. The summed E-state index contributed by atoms with van der Waals surface area (Å²) in [5, 5.41) is 14.2. The highest BCUT2D eigenvalue weighted by atomic mass is 32.1. The first-order valence-electron chi connectivity index (χ1n) is 4.73. The first-order chi connectivity index (χ1) is 7.16. The summed E-state index contributed by atoms with van der Waals surface area (Å²) in [6, 6.07) is 1.92.